The van der Waals surface area contributed by atoms with E-state index in [2.05, 4.69) is 0 Å². The standard InChI is InChI=1S/C8H11BN/c1-10(2,9)8-6-4-3-5-7-8/h3-7H,1-2H3/q+1. The second-order valence-corrected chi connectivity index (χ2v) is 2.88. The highest BCUT2D eigenvalue weighted by molar-refractivity contribution is 6.12. The Morgan fingerprint density at radius 2 is 1.60 bits per heavy atom. The van der Waals surface area contributed by atoms with Crippen LogP contribution in [-0.2, 0) is 0 Å². The highest BCUT2D eigenvalue weighted by atomic mass is 15.2. The first-order valence-electron chi connectivity index (χ1n) is 3.29. The zero-order valence-corrected chi connectivity index (χ0v) is 6.41. The molecule has 2 heteroatoms. The summed E-state index contributed by atoms with van der Waals surface area (Å²) >= 11 is 0. The molecule has 0 amide bonds. The molecular formula is C8H11BN+. The van der Waals surface area contributed by atoms with E-state index in [0.717, 1.165) is 5.69 Å². The van der Waals surface area contributed by atoms with Gasteiger partial charge in [0.25, 0.3) is 0 Å². The van der Waals surface area contributed by atoms with Crippen molar-refractivity contribution in [3.05, 3.63) is 30.3 Å². The summed E-state index contributed by atoms with van der Waals surface area (Å²) in [5, 5.41) is 0. The van der Waals surface area contributed by atoms with Crippen LogP contribution in [0.3, 0.4) is 0 Å². The van der Waals surface area contributed by atoms with Crippen molar-refractivity contribution in [2.24, 2.45) is 0 Å². The first-order valence-corrected chi connectivity index (χ1v) is 3.29. The summed E-state index contributed by atoms with van der Waals surface area (Å²) in [6, 6.07) is 9.99. The van der Waals surface area contributed by atoms with Crippen LogP contribution in [0.15, 0.2) is 30.3 Å². The van der Waals surface area contributed by atoms with Crippen LogP contribution >= 0.6 is 0 Å². The van der Waals surface area contributed by atoms with Crippen LogP contribution in [0.25, 0.3) is 0 Å². The maximum atomic E-state index is 5.79. The number of nitrogens with zero attached hydrogens (tertiary/aromatic N) is 1. The number of quaternary nitrogens is 1. The summed E-state index contributed by atoms with van der Waals surface area (Å²) in [6.07, 6.45) is 0. The summed E-state index contributed by atoms with van der Waals surface area (Å²) < 4.78 is 0.390. The molecule has 50 valence electrons. The van der Waals surface area contributed by atoms with Gasteiger partial charge in [0, 0.05) is 0 Å². The molecule has 0 spiro atoms. The Labute approximate surface area is 63.3 Å². The van der Waals surface area contributed by atoms with Gasteiger partial charge >= 0.3 is 7.98 Å². The number of hydrogen-bond donors (Lipinski definition) is 0. The van der Waals surface area contributed by atoms with Crippen molar-refractivity contribution in [1.29, 1.82) is 0 Å². The van der Waals surface area contributed by atoms with Crippen LogP contribution < -0.4 is 4.39 Å². The highest BCUT2D eigenvalue weighted by Crippen LogP contribution is 2.13. The van der Waals surface area contributed by atoms with E-state index in [9.17, 15) is 0 Å². The van der Waals surface area contributed by atoms with E-state index >= 15 is 0 Å². The Morgan fingerprint density at radius 3 is 1.90 bits per heavy atom. The quantitative estimate of drug-likeness (QED) is 0.505. The normalized spacial score (nSPS) is 11.4. The average molecular weight is 132 g/mol. The zero-order valence-electron chi connectivity index (χ0n) is 6.41. The molecule has 1 nitrogen and oxygen atoms in total. The lowest BCUT2D eigenvalue weighted by atomic mass is 10.2. The number of rotatable bonds is 1. The van der Waals surface area contributed by atoms with Gasteiger partial charge in [0.2, 0.25) is 0 Å². The van der Waals surface area contributed by atoms with E-state index in [1.165, 1.54) is 0 Å². The molecule has 0 aliphatic rings. The molecule has 0 saturated heterocycles. The molecule has 0 N–H and O–H groups in total. The van der Waals surface area contributed by atoms with E-state index < -0.39 is 0 Å². The largest absolute Gasteiger partial charge is 0.486 e. The Balaban J connectivity index is 2.97. The van der Waals surface area contributed by atoms with E-state index in [-0.39, 0.29) is 0 Å². The van der Waals surface area contributed by atoms with E-state index in [4.69, 9.17) is 7.98 Å². The lowest BCUT2D eigenvalue weighted by molar-refractivity contribution is 0.643. The smallest absolute Gasteiger partial charge is 0.368 e. The summed E-state index contributed by atoms with van der Waals surface area (Å²) in [7, 11) is 9.67. The van der Waals surface area contributed by atoms with Crippen LogP contribution in [0.5, 0.6) is 0 Å². The molecule has 0 bridgehead atoms. The van der Waals surface area contributed by atoms with Crippen LogP contribution in [-0.4, -0.2) is 22.1 Å². The third kappa shape index (κ3) is 1.61. The third-order valence-electron chi connectivity index (χ3n) is 1.42. The van der Waals surface area contributed by atoms with Gasteiger partial charge in [-0.15, -0.1) is 0 Å². The molecule has 0 aromatic heterocycles. The van der Waals surface area contributed by atoms with Crippen molar-refractivity contribution < 1.29 is 0 Å². The number of benzene rings is 1. The second kappa shape index (κ2) is 2.47. The molecule has 10 heavy (non-hydrogen) atoms. The molecule has 2 radical (unpaired) electrons. The molecule has 0 aliphatic heterocycles. The molecule has 1 aromatic carbocycles. The van der Waals surface area contributed by atoms with Crippen molar-refractivity contribution in [3.63, 3.8) is 0 Å². The molecule has 0 fully saturated rings. The predicted octanol–water partition coefficient (Wildman–Crippen LogP) is 1.34. The fourth-order valence-corrected chi connectivity index (χ4v) is 0.812. The molecular weight excluding hydrogens is 121 g/mol. The minimum atomic E-state index is 0.390. The summed E-state index contributed by atoms with van der Waals surface area (Å²) in [4.78, 5) is 0. The topological polar surface area (TPSA) is 0 Å². The maximum absolute atomic E-state index is 5.79. The van der Waals surface area contributed by atoms with Gasteiger partial charge in [0.1, 0.15) is 5.69 Å². The van der Waals surface area contributed by atoms with Gasteiger partial charge in [0.05, 0.1) is 14.1 Å². The van der Waals surface area contributed by atoms with Crippen LogP contribution in [0, 0.1) is 0 Å². The van der Waals surface area contributed by atoms with Gasteiger partial charge in [-0.25, -0.2) is 0 Å². The molecule has 1 aromatic rings. The minimum absolute atomic E-state index is 0.390. The lowest BCUT2D eigenvalue weighted by Gasteiger charge is -2.23. The fourth-order valence-electron chi connectivity index (χ4n) is 0.812. The van der Waals surface area contributed by atoms with Crippen LogP contribution in [0.1, 0.15) is 0 Å². The highest BCUT2D eigenvalue weighted by Gasteiger charge is 2.09. The van der Waals surface area contributed by atoms with Gasteiger partial charge in [-0.2, -0.15) is 0 Å². The van der Waals surface area contributed by atoms with Gasteiger partial charge in [0.15, 0.2) is 0 Å². The third-order valence-corrected chi connectivity index (χ3v) is 1.42. The van der Waals surface area contributed by atoms with Crippen molar-refractivity contribution in [3.8, 4) is 0 Å². The Hall–Kier alpha value is -0.755. The Kier molecular flexibility index (Phi) is 1.81. The van der Waals surface area contributed by atoms with Gasteiger partial charge in [-0.05, 0) is 12.1 Å². The first-order chi connectivity index (χ1) is 4.61. The maximum Gasteiger partial charge on any atom is 0.486 e. The van der Waals surface area contributed by atoms with Gasteiger partial charge in [-0.1, -0.05) is 18.2 Å². The molecule has 0 atom stereocenters. The molecule has 0 unspecified atom stereocenters. The average Bonchev–Trinajstić information content (AvgIpc) is 1.88. The molecule has 0 heterocycles. The van der Waals surface area contributed by atoms with Gasteiger partial charge < -0.3 is 4.39 Å². The second-order valence-electron chi connectivity index (χ2n) is 2.88. The van der Waals surface area contributed by atoms with E-state index in [1.807, 2.05) is 44.4 Å². The van der Waals surface area contributed by atoms with Crippen LogP contribution in [0.2, 0.25) is 0 Å². The van der Waals surface area contributed by atoms with Crippen molar-refractivity contribution in [2.45, 2.75) is 0 Å². The molecule has 0 aliphatic carbocycles. The lowest BCUT2D eigenvalue weighted by Crippen LogP contribution is -2.36. The number of hydrogen-bond acceptors (Lipinski definition) is 0. The van der Waals surface area contributed by atoms with Gasteiger partial charge in [-0.3, -0.25) is 0 Å². The van der Waals surface area contributed by atoms with Crippen LogP contribution in [0.4, 0.5) is 5.69 Å². The summed E-state index contributed by atoms with van der Waals surface area (Å²) in [5.41, 5.74) is 1.11. The first kappa shape index (κ1) is 7.35. The SMILES string of the molecule is [B][N+](C)(C)c1ccccc1. The van der Waals surface area contributed by atoms with E-state index in [1.54, 1.807) is 0 Å². The monoisotopic (exact) mass is 132 g/mol. The fraction of sp³-hybridized carbons (Fsp3) is 0.250. The van der Waals surface area contributed by atoms with Crippen molar-refractivity contribution in [1.82, 2.24) is 4.39 Å². The summed E-state index contributed by atoms with van der Waals surface area (Å²) in [6.45, 7) is 0. The number of para-hydroxylation sites is 1. The molecule has 1 rings (SSSR count). The van der Waals surface area contributed by atoms with E-state index in [0.29, 0.717) is 4.39 Å². The van der Waals surface area contributed by atoms with Crippen molar-refractivity contribution in [2.75, 3.05) is 14.1 Å². The summed E-state index contributed by atoms with van der Waals surface area (Å²) in [5.74, 6) is 0. The van der Waals surface area contributed by atoms with Crippen molar-refractivity contribution >= 4 is 13.7 Å². The zero-order chi connectivity index (χ0) is 7.61. The minimum Gasteiger partial charge on any atom is -0.368 e. The Morgan fingerprint density at radius 1 is 1.10 bits per heavy atom. The molecule has 0 saturated carbocycles. The predicted molar refractivity (Wildman–Crippen MR) is 45.8 cm³/mol. The Bertz CT molecular complexity index is 200.